The molecule has 1 aromatic heterocycles. The molecule has 2 aliphatic heterocycles. The van der Waals surface area contributed by atoms with E-state index in [9.17, 15) is 0 Å². The summed E-state index contributed by atoms with van der Waals surface area (Å²) in [5.41, 5.74) is 0.430. The third-order valence-corrected chi connectivity index (χ3v) is 4.44. The summed E-state index contributed by atoms with van der Waals surface area (Å²) in [6, 6.07) is 0. The molecule has 1 spiro atoms. The van der Waals surface area contributed by atoms with Crippen LogP contribution in [0.5, 0.6) is 5.88 Å². The van der Waals surface area contributed by atoms with Gasteiger partial charge in [0.15, 0.2) is 5.82 Å². The summed E-state index contributed by atoms with van der Waals surface area (Å²) in [7, 11) is 0. The zero-order valence-electron chi connectivity index (χ0n) is 12.3. The van der Waals surface area contributed by atoms with Gasteiger partial charge in [-0.15, -0.1) is 0 Å². The van der Waals surface area contributed by atoms with E-state index in [0.29, 0.717) is 17.9 Å². The fraction of sp³-hybridized carbons (Fsp3) is 0.733. The molecule has 110 valence electrons. The highest BCUT2D eigenvalue weighted by Gasteiger charge is 2.37. The van der Waals surface area contributed by atoms with Gasteiger partial charge in [-0.25, -0.2) is 0 Å². The fourth-order valence-electron chi connectivity index (χ4n) is 3.49. The van der Waals surface area contributed by atoms with Crippen molar-refractivity contribution in [1.29, 1.82) is 0 Å². The van der Waals surface area contributed by atoms with E-state index in [4.69, 9.17) is 4.74 Å². The molecule has 0 aromatic carbocycles. The second-order valence-corrected chi connectivity index (χ2v) is 5.95. The van der Waals surface area contributed by atoms with Gasteiger partial charge in [-0.3, -0.25) is 4.98 Å². The standard InChI is InChI=1S/C15H24N4O/c1-2-20-14-10-17-9-13(18-14)19-8-4-6-15(12-19)5-3-7-16-11-15/h9-10,16H,2-8,11-12H2,1H3. The lowest BCUT2D eigenvalue weighted by Crippen LogP contribution is -2.51. The highest BCUT2D eigenvalue weighted by atomic mass is 16.5. The monoisotopic (exact) mass is 276 g/mol. The summed E-state index contributed by atoms with van der Waals surface area (Å²) >= 11 is 0. The van der Waals surface area contributed by atoms with Crippen LogP contribution in [0.15, 0.2) is 12.4 Å². The van der Waals surface area contributed by atoms with Crippen molar-refractivity contribution < 1.29 is 4.74 Å². The Morgan fingerprint density at radius 1 is 1.35 bits per heavy atom. The molecule has 20 heavy (non-hydrogen) atoms. The van der Waals surface area contributed by atoms with Gasteiger partial charge in [-0.05, 0) is 39.2 Å². The molecule has 3 heterocycles. The predicted octanol–water partition coefficient (Wildman–Crippen LogP) is 1.85. The van der Waals surface area contributed by atoms with Gasteiger partial charge in [-0.1, -0.05) is 0 Å². The third-order valence-electron chi connectivity index (χ3n) is 4.44. The summed E-state index contributed by atoms with van der Waals surface area (Å²) in [4.78, 5) is 11.2. The SMILES string of the molecule is CCOc1cncc(N2CCCC3(CCCNC3)C2)n1. The van der Waals surface area contributed by atoms with Crippen molar-refractivity contribution in [2.45, 2.75) is 32.6 Å². The number of anilines is 1. The highest BCUT2D eigenvalue weighted by Crippen LogP contribution is 2.37. The molecule has 2 saturated heterocycles. The largest absolute Gasteiger partial charge is 0.477 e. The predicted molar refractivity (Wildman–Crippen MR) is 79.2 cm³/mol. The maximum atomic E-state index is 5.46. The molecular weight excluding hydrogens is 252 g/mol. The van der Waals surface area contributed by atoms with Crippen molar-refractivity contribution in [3.8, 4) is 5.88 Å². The molecule has 0 aliphatic carbocycles. The zero-order valence-corrected chi connectivity index (χ0v) is 12.3. The van der Waals surface area contributed by atoms with Crippen LogP contribution in [0.2, 0.25) is 0 Å². The third kappa shape index (κ3) is 2.87. The van der Waals surface area contributed by atoms with E-state index in [1.165, 1.54) is 32.2 Å². The van der Waals surface area contributed by atoms with Crippen molar-refractivity contribution in [3.05, 3.63) is 12.4 Å². The summed E-state index contributed by atoms with van der Waals surface area (Å²) in [6.07, 6.45) is 8.73. The number of hydrogen-bond donors (Lipinski definition) is 1. The molecule has 1 unspecified atom stereocenters. The first kappa shape index (κ1) is 13.6. The lowest BCUT2D eigenvalue weighted by Gasteiger charge is -2.45. The van der Waals surface area contributed by atoms with E-state index >= 15 is 0 Å². The molecule has 5 nitrogen and oxygen atoms in total. The zero-order chi connectivity index (χ0) is 13.8. The first-order chi connectivity index (χ1) is 9.81. The van der Waals surface area contributed by atoms with Gasteiger partial charge in [0.1, 0.15) is 0 Å². The first-order valence-electron chi connectivity index (χ1n) is 7.72. The van der Waals surface area contributed by atoms with Crippen molar-refractivity contribution in [2.24, 2.45) is 5.41 Å². The van der Waals surface area contributed by atoms with Gasteiger partial charge in [0.2, 0.25) is 5.88 Å². The Kier molecular flexibility index (Phi) is 4.05. The van der Waals surface area contributed by atoms with Gasteiger partial charge in [0, 0.05) is 25.0 Å². The first-order valence-corrected chi connectivity index (χ1v) is 7.72. The van der Waals surface area contributed by atoms with Gasteiger partial charge >= 0.3 is 0 Å². The average Bonchev–Trinajstić information content (AvgIpc) is 2.49. The van der Waals surface area contributed by atoms with Crippen molar-refractivity contribution in [3.63, 3.8) is 0 Å². The Hall–Kier alpha value is -1.36. The van der Waals surface area contributed by atoms with Gasteiger partial charge < -0.3 is 15.0 Å². The quantitative estimate of drug-likeness (QED) is 0.913. The Bertz CT molecular complexity index is 440. The molecule has 5 heteroatoms. The van der Waals surface area contributed by atoms with Crippen molar-refractivity contribution >= 4 is 5.82 Å². The van der Waals surface area contributed by atoms with E-state index in [-0.39, 0.29) is 0 Å². The number of piperidine rings is 2. The smallest absolute Gasteiger partial charge is 0.234 e. The molecule has 1 N–H and O–H groups in total. The topological polar surface area (TPSA) is 50.3 Å². The fourth-order valence-corrected chi connectivity index (χ4v) is 3.49. The minimum atomic E-state index is 0.430. The van der Waals surface area contributed by atoms with Crippen LogP contribution >= 0.6 is 0 Å². The molecule has 0 bridgehead atoms. The van der Waals surface area contributed by atoms with Crippen LogP contribution in [0.3, 0.4) is 0 Å². The highest BCUT2D eigenvalue weighted by molar-refractivity contribution is 5.38. The molecule has 0 saturated carbocycles. The Labute approximate surface area is 120 Å². The van der Waals surface area contributed by atoms with E-state index in [2.05, 4.69) is 20.2 Å². The van der Waals surface area contributed by atoms with Crippen LogP contribution in [0.1, 0.15) is 32.6 Å². The Morgan fingerprint density at radius 3 is 3.05 bits per heavy atom. The number of hydrogen-bond acceptors (Lipinski definition) is 5. The number of ether oxygens (including phenoxy) is 1. The van der Waals surface area contributed by atoms with Gasteiger partial charge in [-0.2, -0.15) is 4.98 Å². The number of nitrogens with one attached hydrogen (secondary N) is 1. The van der Waals surface area contributed by atoms with Crippen LogP contribution in [-0.2, 0) is 0 Å². The van der Waals surface area contributed by atoms with E-state index < -0.39 is 0 Å². The lowest BCUT2D eigenvalue weighted by atomic mass is 9.74. The van der Waals surface area contributed by atoms with E-state index in [0.717, 1.165) is 25.5 Å². The number of rotatable bonds is 3. The lowest BCUT2D eigenvalue weighted by molar-refractivity contribution is 0.172. The molecule has 1 atom stereocenters. The van der Waals surface area contributed by atoms with Crippen LogP contribution in [0.25, 0.3) is 0 Å². The average molecular weight is 276 g/mol. The summed E-state index contributed by atoms with van der Waals surface area (Å²) in [6.45, 7) is 7.07. The molecule has 0 radical (unpaired) electrons. The van der Waals surface area contributed by atoms with Crippen LogP contribution < -0.4 is 15.0 Å². The Balaban J connectivity index is 1.74. The normalized spacial score (nSPS) is 26.8. The minimum absolute atomic E-state index is 0.430. The molecule has 1 aromatic rings. The van der Waals surface area contributed by atoms with Crippen LogP contribution in [-0.4, -0.2) is 42.8 Å². The van der Waals surface area contributed by atoms with Crippen LogP contribution in [0, 0.1) is 5.41 Å². The molecular formula is C15H24N4O. The van der Waals surface area contributed by atoms with Crippen molar-refractivity contribution in [2.75, 3.05) is 37.7 Å². The minimum Gasteiger partial charge on any atom is -0.477 e. The van der Waals surface area contributed by atoms with E-state index in [1.807, 2.05) is 13.1 Å². The summed E-state index contributed by atoms with van der Waals surface area (Å²) < 4.78 is 5.46. The molecule has 0 amide bonds. The number of aromatic nitrogens is 2. The molecule has 2 fully saturated rings. The second kappa shape index (κ2) is 5.95. The number of nitrogens with zero attached hydrogens (tertiary/aromatic N) is 3. The summed E-state index contributed by atoms with van der Waals surface area (Å²) in [5.74, 6) is 1.59. The van der Waals surface area contributed by atoms with Crippen LogP contribution in [0.4, 0.5) is 5.82 Å². The van der Waals surface area contributed by atoms with Gasteiger partial charge in [0.05, 0.1) is 19.0 Å². The maximum absolute atomic E-state index is 5.46. The Morgan fingerprint density at radius 2 is 2.25 bits per heavy atom. The molecule has 2 aliphatic rings. The van der Waals surface area contributed by atoms with E-state index in [1.54, 1.807) is 6.20 Å². The molecule has 3 rings (SSSR count). The van der Waals surface area contributed by atoms with Crippen molar-refractivity contribution in [1.82, 2.24) is 15.3 Å². The second-order valence-electron chi connectivity index (χ2n) is 5.95. The van der Waals surface area contributed by atoms with Gasteiger partial charge in [0.25, 0.3) is 0 Å². The maximum Gasteiger partial charge on any atom is 0.234 e. The summed E-state index contributed by atoms with van der Waals surface area (Å²) in [5, 5.41) is 3.56.